The van der Waals surface area contributed by atoms with Crippen LogP contribution in [0.4, 0.5) is 11.6 Å². The van der Waals surface area contributed by atoms with Gasteiger partial charge in [0.2, 0.25) is 11.1 Å². The maximum Gasteiger partial charge on any atom is 0.227 e. The molecule has 1 aliphatic heterocycles. The summed E-state index contributed by atoms with van der Waals surface area (Å²) in [7, 11) is 0. The third kappa shape index (κ3) is 3.32. The van der Waals surface area contributed by atoms with Gasteiger partial charge >= 0.3 is 0 Å². The molecule has 0 radical (unpaired) electrons. The van der Waals surface area contributed by atoms with Crippen LogP contribution in [0.15, 0.2) is 41.2 Å². The van der Waals surface area contributed by atoms with Gasteiger partial charge in [-0.2, -0.15) is 4.98 Å². The molecule has 1 N–H and O–H groups in total. The molecule has 2 aliphatic rings. The highest BCUT2D eigenvalue weighted by Gasteiger charge is 2.41. The minimum absolute atomic E-state index is 0.153. The van der Waals surface area contributed by atoms with E-state index >= 15 is 0 Å². The molecule has 28 heavy (non-hydrogen) atoms. The van der Waals surface area contributed by atoms with Crippen LogP contribution in [0.2, 0.25) is 0 Å². The zero-order valence-electron chi connectivity index (χ0n) is 16.7. The molecule has 0 unspecified atom stereocenters. The highest BCUT2D eigenvalue weighted by Crippen LogP contribution is 2.42. The van der Waals surface area contributed by atoms with Crippen molar-refractivity contribution < 1.29 is 4.79 Å². The predicted molar refractivity (Wildman–Crippen MR) is 114 cm³/mol. The number of rotatable bonds is 6. The molecule has 0 fully saturated rings. The SMILES string of the molecule is CCSc1nc2n(n1)[C@H](c1ccc(N(CC)CC)cc1)[C@H]1C(=O)CCC=C1N2. The highest BCUT2D eigenvalue weighted by atomic mass is 32.2. The molecule has 0 saturated carbocycles. The molecule has 2 aromatic rings. The van der Waals surface area contributed by atoms with Gasteiger partial charge in [0, 0.05) is 30.9 Å². The van der Waals surface area contributed by atoms with E-state index in [1.807, 2.05) is 4.68 Å². The first-order valence-electron chi connectivity index (χ1n) is 10.1. The number of fused-ring (bicyclic) bond motifs is 2. The van der Waals surface area contributed by atoms with E-state index in [0.717, 1.165) is 47.6 Å². The molecular formula is C21H27N5OS. The van der Waals surface area contributed by atoms with Gasteiger partial charge in [-0.3, -0.25) is 4.79 Å². The van der Waals surface area contributed by atoms with E-state index in [4.69, 9.17) is 5.10 Å². The number of ketones is 1. The fraction of sp³-hybridized carbons (Fsp3) is 0.476. The van der Waals surface area contributed by atoms with E-state index in [-0.39, 0.29) is 17.7 Å². The van der Waals surface area contributed by atoms with Gasteiger partial charge in [-0.1, -0.05) is 36.9 Å². The first-order chi connectivity index (χ1) is 13.7. The summed E-state index contributed by atoms with van der Waals surface area (Å²) in [4.78, 5) is 19.8. The lowest BCUT2D eigenvalue weighted by Gasteiger charge is -2.36. The van der Waals surface area contributed by atoms with Gasteiger partial charge in [0.05, 0.1) is 12.0 Å². The van der Waals surface area contributed by atoms with Crippen LogP contribution >= 0.6 is 11.8 Å². The summed E-state index contributed by atoms with van der Waals surface area (Å²) >= 11 is 1.62. The van der Waals surface area contributed by atoms with Crippen LogP contribution in [0.3, 0.4) is 0 Å². The maximum atomic E-state index is 12.9. The van der Waals surface area contributed by atoms with Crippen molar-refractivity contribution in [1.82, 2.24) is 14.8 Å². The summed E-state index contributed by atoms with van der Waals surface area (Å²) in [6.45, 7) is 8.37. The molecule has 0 bridgehead atoms. The molecule has 0 amide bonds. The minimum atomic E-state index is -0.221. The van der Waals surface area contributed by atoms with Crippen molar-refractivity contribution in [3.8, 4) is 0 Å². The van der Waals surface area contributed by atoms with Crippen molar-refractivity contribution in [2.45, 2.75) is 44.8 Å². The number of aromatic nitrogens is 3. The fourth-order valence-corrected chi connectivity index (χ4v) is 4.70. The number of allylic oxidation sites excluding steroid dienone is 2. The van der Waals surface area contributed by atoms with Crippen molar-refractivity contribution in [1.29, 1.82) is 0 Å². The molecule has 1 aromatic heterocycles. The van der Waals surface area contributed by atoms with Gasteiger partial charge in [-0.15, -0.1) is 5.10 Å². The molecule has 4 rings (SSSR count). The molecular weight excluding hydrogens is 370 g/mol. The van der Waals surface area contributed by atoms with E-state index in [1.54, 1.807) is 11.8 Å². The van der Waals surface area contributed by atoms with Gasteiger partial charge in [-0.25, -0.2) is 4.68 Å². The Balaban J connectivity index is 1.77. The van der Waals surface area contributed by atoms with Crippen LogP contribution in [-0.2, 0) is 4.79 Å². The average molecular weight is 398 g/mol. The molecule has 0 spiro atoms. The number of Topliss-reactive ketones (excluding diaryl/α,β-unsaturated/α-hetero) is 1. The lowest BCUT2D eigenvalue weighted by molar-refractivity contribution is -0.123. The zero-order valence-corrected chi connectivity index (χ0v) is 17.5. The summed E-state index contributed by atoms with van der Waals surface area (Å²) in [6.07, 6.45) is 3.52. The van der Waals surface area contributed by atoms with Gasteiger partial charge < -0.3 is 10.2 Å². The van der Waals surface area contributed by atoms with Crippen LogP contribution in [0, 0.1) is 5.92 Å². The number of hydrogen-bond acceptors (Lipinski definition) is 6. The largest absolute Gasteiger partial charge is 0.372 e. The minimum Gasteiger partial charge on any atom is -0.372 e. The monoisotopic (exact) mass is 397 g/mol. The maximum absolute atomic E-state index is 12.9. The molecule has 7 heteroatoms. The van der Waals surface area contributed by atoms with Crippen molar-refractivity contribution in [2.24, 2.45) is 5.92 Å². The quantitative estimate of drug-likeness (QED) is 0.740. The summed E-state index contributed by atoms with van der Waals surface area (Å²) < 4.78 is 1.91. The first kappa shape index (κ1) is 19.1. The summed E-state index contributed by atoms with van der Waals surface area (Å²) in [5.74, 6) is 1.69. The van der Waals surface area contributed by atoms with Crippen molar-refractivity contribution >= 4 is 29.2 Å². The Morgan fingerprint density at radius 3 is 2.64 bits per heavy atom. The number of carbonyl (C=O) groups is 1. The predicted octanol–water partition coefficient (Wildman–Crippen LogP) is 4.11. The molecule has 2 heterocycles. The molecule has 148 valence electrons. The molecule has 2 atom stereocenters. The first-order valence-corrected chi connectivity index (χ1v) is 11.1. The van der Waals surface area contributed by atoms with Crippen LogP contribution in [0.1, 0.15) is 45.2 Å². The number of carbonyl (C=O) groups excluding carboxylic acids is 1. The molecule has 1 aliphatic carbocycles. The number of nitrogens with one attached hydrogen (secondary N) is 1. The molecule has 1 aromatic carbocycles. The third-order valence-corrected chi connectivity index (χ3v) is 6.24. The number of benzene rings is 1. The van der Waals surface area contributed by atoms with E-state index in [9.17, 15) is 4.79 Å². The third-order valence-electron chi connectivity index (χ3n) is 5.52. The Labute approximate surface area is 170 Å². The Hall–Kier alpha value is -2.28. The van der Waals surface area contributed by atoms with Gasteiger partial charge in [0.15, 0.2) is 0 Å². The van der Waals surface area contributed by atoms with Gasteiger partial charge in [-0.05, 0) is 43.7 Å². The fourth-order valence-electron chi connectivity index (χ4n) is 4.15. The summed E-state index contributed by atoms with van der Waals surface area (Å²) in [5.41, 5.74) is 3.28. The topological polar surface area (TPSA) is 63.1 Å². The second kappa shape index (κ2) is 7.99. The van der Waals surface area contributed by atoms with Crippen LogP contribution in [-0.4, -0.2) is 39.4 Å². The van der Waals surface area contributed by atoms with E-state index in [2.05, 4.69) is 66.3 Å². The Morgan fingerprint density at radius 1 is 1.21 bits per heavy atom. The number of thioether (sulfide) groups is 1. The second-order valence-electron chi connectivity index (χ2n) is 7.07. The van der Waals surface area contributed by atoms with Gasteiger partial charge in [0.1, 0.15) is 5.78 Å². The van der Waals surface area contributed by atoms with E-state index in [0.29, 0.717) is 6.42 Å². The molecule has 6 nitrogen and oxygen atoms in total. The van der Waals surface area contributed by atoms with E-state index < -0.39 is 0 Å². The average Bonchev–Trinajstić information content (AvgIpc) is 3.10. The lowest BCUT2D eigenvalue weighted by Crippen LogP contribution is -2.38. The Bertz CT molecular complexity index is 885. The van der Waals surface area contributed by atoms with Crippen LogP contribution in [0.5, 0.6) is 0 Å². The number of hydrogen-bond donors (Lipinski definition) is 1. The lowest BCUT2D eigenvalue weighted by atomic mass is 9.81. The van der Waals surface area contributed by atoms with E-state index in [1.165, 1.54) is 5.69 Å². The van der Waals surface area contributed by atoms with Crippen molar-refractivity contribution in [3.63, 3.8) is 0 Å². The number of nitrogens with zero attached hydrogens (tertiary/aromatic N) is 4. The zero-order chi connectivity index (χ0) is 19.7. The molecule has 0 saturated heterocycles. The highest BCUT2D eigenvalue weighted by molar-refractivity contribution is 7.99. The standard InChI is InChI=1S/C21H27N5OS/c1-4-25(5-2)15-12-10-14(11-13-15)19-18-16(8-7-9-17(18)27)22-20-23-21(28-6-3)24-26(19)20/h8,10-13,18-19H,4-7,9H2,1-3H3,(H,22,23,24)/t18-,19-/m1/s1. The number of anilines is 2. The van der Waals surface area contributed by atoms with Gasteiger partial charge in [0.25, 0.3) is 0 Å². The summed E-state index contributed by atoms with van der Waals surface area (Å²) in [6, 6.07) is 8.43. The second-order valence-corrected chi connectivity index (χ2v) is 8.30. The van der Waals surface area contributed by atoms with Crippen molar-refractivity contribution in [2.75, 3.05) is 29.1 Å². The summed E-state index contributed by atoms with van der Waals surface area (Å²) in [5, 5.41) is 8.84. The smallest absolute Gasteiger partial charge is 0.227 e. The van der Waals surface area contributed by atoms with Crippen molar-refractivity contribution in [3.05, 3.63) is 41.6 Å². The normalized spacial score (nSPS) is 20.8. The van der Waals surface area contributed by atoms with Crippen LogP contribution < -0.4 is 10.2 Å². The van der Waals surface area contributed by atoms with Crippen LogP contribution in [0.25, 0.3) is 0 Å². The Morgan fingerprint density at radius 2 is 1.96 bits per heavy atom. The Kier molecular flexibility index (Phi) is 5.44.